The quantitative estimate of drug-likeness (QED) is 0.846. The lowest BCUT2D eigenvalue weighted by atomic mass is 9.85. The predicted molar refractivity (Wildman–Crippen MR) is 68.7 cm³/mol. The summed E-state index contributed by atoms with van der Waals surface area (Å²) < 4.78 is 0. The van der Waals surface area contributed by atoms with Gasteiger partial charge in [-0.25, -0.2) is 0 Å². The smallest absolute Gasteiger partial charge is 0.0333 e. The summed E-state index contributed by atoms with van der Waals surface area (Å²) in [5, 5.41) is 5.72. The molecule has 3 heteroatoms. The van der Waals surface area contributed by atoms with E-state index in [9.17, 15) is 0 Å². The number of likely N-dealkylation sites (tertiary alicyclic amines) is 1. The molecule has 2 atom stereocenters. The van der Waals surface area contributed by atoms with E-state index in [-0.39, 0.29) is 0 Å². The van der Waals surface area contributed by atoms with E-state index in [1.807, 2.05) is 11.3 Å². The van der Waals surface area contributed by atoms with Gasteiger partial charge in [-0.15, -0.1) is 11.3 Å². The lowest BCUT2D eigenvalue weighted by Gasteiger charge is -2.35. The van der Waals surface area contributed by atoms with Gasteiger partial charge in [0, 0.05) is 30.1 Å². The number of nitrogens with one attached hydrogen (secondary N) is 1. The molecule has 1 aromatic rings. The molecule has 2 saturated heterocycles. The minimum Gasteiger partial charge on any atom is -0.316 e. The third-order valence-corrected chi connectivity index (χ3v) is 5.31. The number of rotatable bonds is 2. The Labute approximate surface area is 102 Å². The normalized spacial score (nSPS) is 33.1. The van der Waals surface area contributed by atoms with Crippen LogP contribution in [0, 0.1) is 11.8 Å². The maximum Gasteiger partial charge on any atom is 0.0333 e. The van der Waals surface area contributed by atoms with E-state index in [1.165, 1.54) is 24.5 Å². The van der Waals surface area contributed by atoms with Crippen LogP contribution < -0.4 is 5.32 Å². The molecular formula is C13H20N2S. The fourth-order valence-corrected chi connectivity index (χ4v) is 4.08. The summed E-state index contributed by atoms with van der Waals surface area (Å²) in [6, 6.07) is 4.42. The molecule has 0 saturated carbocycles. The molecule has 0 aliphatic carbocycles. The average Bonchev–Trinajstić information content (AvgIpc) is 2.89. The summed E-state index contributed by atoms with van der Waals surface area (Å²) in [5.41, 5.74) is 0.359. The van der Waals surface area contributed by atoms with Crippen molar-refractivity contribution in [3.8, 4) is 0 Å². The second-order valence-corrected chi connectivity index (χ2v) is 6.67. The highest BCUT2D eigenvalue weighted by molar-refractivity contribution is 7.09. The highest BCUT2D eigenvalue weighted by atomic mass is 32.1. The van der Waals surface area contributed by atoms with E-state index in [2.05, 4.69) is 41.6 Å². The number of thiophene rings is 1. The maximum atomic E-state index is 3.54. The second-order valence-electron chi connectivity index (χ2n) is 5.64. The van der Waals surface area contributed by atoms with Gasteiger partial charge in [-0.1, -0.05) is 6.07 Å². The Morgan fingerprint density at radius 3 is 3.06 bits per heavy atom. The monoisotopic (exact) mass is 236 g/mol. The van der Waals surface area contributed by atoms with Crippen molar-refractivity contribution in [3.05, 3.63) is 22.4 Å². The first-order chi connectivity index (χ1) is 7.68. The lowest BCUT2D eigenvalue weighted by Crippen LogP contribution is -2.43. The van der Waals surface area contributed by atoms with Gasteiger partial charge in [0.1, 0.15) is 0 Å². The largest absolute Gasteiger partial charge is 0.316 e. The standard InChI is InChI=1S/C13H20N2S/c1-13(2)12-7-14-6-10(12)8-15(13)9-11-4-3-5-16-11/h3-5,10,12,14H,6-9H2,1-2H3. The van der Waals surface area contributed by atoms with Crippen LogP contribution in [0.15, 0.2) is 17.5 Å². The average molecular weight is 236 g/mol. The van der Waals surface area contributed by atoms with Gasteiger partial charge in [0.2, 0.25) is 0 Å². The van der Waals surface area contributed by atoms with Crippen molar-refractivity contribution < 1.29 is 0 Å². The summed E-state index contributed by atoms with van der Waals surface area (Å²) in [4.78, 5) is 4.18. The zero-order chi connectivity index (χ0) is 11.2. The predicted octanol–water partition coefficient (Wildman–Crippen LogP) is 2.18. The highest BCUT2D eigenvalue weighted by Gasteiger charge is 2.49. The summed E-state index contributed by atoms with van der Waals surface area (Å²) >= 11 is 1.88. The van der Waals surface area contributed by atoms with Gasteiger partial charge in [-0.2, -0.15) is 0 Å². The van der Waals surface area contributed by atoms with Crippen LogP contribution in [0.1, 0.15) is 18.7 Å². The number of hydrogen-bond donors (Lipinski definition) is 1. The van der Waals surface area contributed by atoms with Crippen LogP contribution in [-0.4, -0.2) is 30.1 Å². The first-order valence-corrected chi connectivity index (χ1v) is 7.04. The Balaban J connectivity index is 1.77. The molecule has 0 bridgehead atoms. The van der Waals surface area contributed by atoms with Gasteiger partial charge in [0.25, 0.3) is 0 Å². The molecule has 1 aromatic heterocycles. The molecule has 16 heavy (non-hydrogen) atoms. The first kappa shape index (κ1) is 10.8. The highest BCUT2D eigenvalue weighted by Crippen LogP contribution is 2.41. The summed E-state index contributed by atoms with van der Waals surface area (Å²) in [7, 11) is 0. The molecule has 2 aliphatic heterocycles. The molecule has 0 radical (unpaired) electrons. The molecule has 0 amide bonds. The summed E-state index contributed by atoms with van der Waals surface area (Å²) in [6.45, 7) is 9.66. The zero-order valence-corrected chi connectivity index (χ0v) is 10.9. The molecular weight excluding hydrogens is 216 g/mol. The number of hydrogen-bond acceptors (Lipinski definition) is 3. The van der Waals surface area contributed by atoms with Crippen LogP contribution in [0.25, 0.3) is 0 Å². The third-order valence-electron chi connectivity index (χ3n) is 4.44. The van der Waals surface area contributed by atoms with Crippen molar-refractivity contribution in [2.45, 2.75) is 25.9 Å². The first-order valence-electron chi connectivity index (χ1n) is 6.16. The molecule has 2 nitrogen and oxygen atoms in total. The van der Waals surface area contributed by atoms with Crippen molar-refractivity contribution in [1.82, 2.24) is 10.2 Å². The molecule has 88 valence electrons. The lowest BCUT2D eigenvalue weighted by molar-refractivity contribution is 0.133. The Bertz CT molecular complexity index is 358. The molecule has 2 unspecified atom stereocenters. The minimum absolute atomic E-state index is 0.359. The van der Waals surface area contributed by atoms with Crippen LogP contribution in [-0.2, 0) is 6.54 Å². The van der Waals surface area contributed by atoms with Crippen molar-refractivity contribution in [2.24, 2.45) is 11.8 Å². The molecule has 2 fully saturated rings. The number of fused-ring (bicyclic) bond motifs is 1. The fourth-order valence-electron chi connectivity index (χ4n) is 3.36. The van der Waals surface area contributed by atoms with Crippen molar-refractivity contribution >= 4 is 11.3 Å². The number of nitrogens with zero attached hydrogens (tertiary/aromatic N) is 1. The van der Waals surface area contributed by atoms with E-state index in [1.54, 1.807) is 0 Å². The Morgan fingerprint density at radius 2 is 2.38 bits per heavy atom. The van der Waals surface area contributed by atoms with Gasteiger partial charge in [0.15, 0.2) is 0 Å². The molecule has 1 N–H and O–H groups in total. The van der Waals surface area contributed by atoms with Gasteiger partial charge < -0.3 is 5.32 Å². The van der Waals surface area contributed by atoms with Crippen LogP contribution in [0.3, 0.4) is 0 Å². The molecule has 0 aromatic carbocycles. The fraction of sp³-hybridized carbons (Fsp3) is 0.692. The van der Waals surface area contributed by atoms with Crippen LogP contribution in [0.5, 0.6) is 0 Å². The third kappa shape index (κ3) is 1.62. The summed E-state index contributed by atoms with van der Waals surface area (Å²) in [5.74, 6) is 1.71. The maximum absolute atomic E-state index is 3.54. The van der Waals surface area contributed by atoms with E-state index < -0.39 is 0 Å². The van der Waals surface area contributed by atoms with E-state index in [0.717, 1.165) is 18.4 Å². The second kappa shape index (κ2) is 3.83. The SMILES string of the molecule is CC1(C)C2CNCC2CN1Cc1cccs1. The van der Waals surface area contributed by atoms with Crippen LogP contribution in [0.4, 0.5) is 0 Å². The Morgan fingerprint density at radius 1 is 1.50 bits per heavy atom. The van der Waals surface area contributed by atoms with E-state index >= 15 is 0 Å². The van der Waals surface area contributed by atoms with Gasteiger partial charge in [0.05, 0.1) is 0 Å². The van der Waals surface area contributed by atoms with Crippen molar-refractivity contribution in [3.63, 3.8) is 0 Å². The Hall–Kier alpha value is -0.380. The van der Waals surface area contributed by atoms with Crippen LogP contribution >= 0.6 is 11.3 Å². The summed E-state index contributed by atoms with van der Waals surface area (Å²) in [6.07, 6.45) is 0. The minimum atomic E-state index is 0.359. The molecule has 2 aliphatic rings. The molecule has 0 spiro atoms. The van der Waals surface area contributed by atoms with Crippen molar-refractivity contribution in [2.75, 3.05) is 19.6 Å². The van der Waals surface area contributed by atoms with Gasteiger partial charge in [-0.05, 0) is 43.7 Å². The zero-order valence-electron chi connectivity index (χ0n) is 10.1. The van der Waals surface area contributed by atoms with E-state index in [0.29, 0.717) is 5.54 Å². The topological polar surface area (TPSA) is 15.3 Å². The molecule has 3 rings (SSSR count). The Kier molecular flexibility index (Phi) is 2.57. The van der Waals surface area contributed by atoms with E-state index in [4.69, 9.17) is 0 Å². The van der Waals surface area contributed by atoms with Crippen LogP contribution in [0.2, 0.25) is 0 Å². The van der Waals surface area contributed by atoms with Gasteiger partial charge >= 0.3 is 0 Å². The van der Waals surface area contributed by atoms with Crippen molar-refractivity contribution in [1.29, 1.82) is 0 Å². The molecule has 3 heterocycles. The van der Waals surface area contributed by atoms with Gasteiger partial charge in [-0.3, -0.25) is 4.90 Å².